The van der Waals surface area contributed by atoms with Crippen LogP contribution in [0.15, 0.2) is 30.9 Å². The quantitative estimate of drug-likeness (QED) is 0.806. The van der Waals surface area contributed by atoms with Gasteiger partial charge in [0.05, 0.1) is 0 Å². The van der Waals surface area contributed by atoms with E-state index in [2.05, 4.69) is 6.58 Å². The lowest BCUT2D eigenvalue weighted by molar-refractivity contribution is -0.173. The summed E-state index contributed by atoms with van der Waals surface area (Å²) in [7, 11) is 0. The number of halogens is 4. The van der Waals surface area contributed by atoms with Crippen LogP contribution in [0.5, 0.6) is 5.75 Å². The molecule has 0 bridgehead atoms. The van der Waals surface area contributed by atoms with Gasteiger partial charge >= 0.3 is 12.1 Å². The van der Waals surface area contributed by atoms with E-state index >= 15 is 0 Å². The van der Waals surface area contributed by atoms with E-state index in [0.29, 0.717) is 23.8 Å². The first-order valence-electron chi connectivity index (χ1n) is 6.71. The second kappa shape index (κ2) is 6.60. The molecule has 0 spiro atoms. The van der Waals surface area contributed by atoms with E-state index in [1.807, 2.05) is 5.32 Å². The number of benzene rings is 1. The highest BCUT2D eigenvalue weighted by Gasteiger charge is 2.43. The van der Waals surface area contributed by atoms with Gasteiger partial charge in [-0.3, -0.25) is 4.79 Å². The minimum atomic E-state index is -4.85. The summed E-state index contributed by atoms with van der Waals surface area (Å²) in [4.78, 5) is 10.8. The molecule has 2 atom stereocenters. The monoisotopic (exact) mass is 333 g/mol. The van der Waals surface area contributed by atoms with Crippen molar-refractivity contribution >= 4 is 17.5 Å². The zero-order chi connectivity index (χ0) is 16.3. The van der Waals surface area contributed by atoms with Gasteiger partial charge in [0.1, 0.15) is 12.4 Å². The van der Waals surface area contributed by atoms with E-state index in [9.17, 15) is 18.0 Å². The molecule has 0 saturated heterocycles. The molecule has 1 aliphatic carbocycles. The summed E-state index contributed by atoms with van der Waals surface area (Å²) in [6.45, 7) is 3.88. The maximum atomic E-state index is 12.1. The molecule has 1 aromatic carbocycles. The summed E-state index contributed by atoms with van der Waals surface area (Å²) in [5.41, 5.74) is 0.848. The van der Waals surface area contributed by atoms with Crippen molar-refractivity contribution in [2.24, 2.45) is 5.92 Å². The number of carbonyl (C=O) groups excluding carboxylic acids is 1. The molecule has 1 fully saturated rings. The highest BCUT2D eigenvalue weighted by atomic mass is 35.5. The Kier molecular flexibility index (Phi) is 5.01. The molecule has 1 N–H and O–H groups in total. The average molecular weight is 334 g/mol. The lowest BCUT2D eigenvalue weighted by Gasteiger charge is -2.11. The van der Waals surface area contributed by atoms with Crippen LogP contribution in [0.3, 0.4) is 0 Å². The zero-order valence-corrected chi connectivity index (χ0v) is 12.4. The average Bonchev–Trinajstić information content (AvgIpc) is 3.21. The number of nitrogens with one attached hydrogen (secondary N) is 1. The number of rotatable bonds is 6. The van der Waals surface area contributed by atoms with Crippen molar-refractivity contribution in [2.45, 2.75) is 18.5 Å². The molecule has 120 valence electrons. The first kappa shape index (κ1) is 16.7. The Morgan fingerprint density at radius 1 is 1.50 bits per heavy atom. The molecule has 2 rings (SSSR count). The third-order valence-electron chi connectivity index (χ3n) is 3.43. The summed E-state index contributed by atoms with van der Waals surface area (Å²) in [5, 5.41) is 2.44. The van der Waals surface area contributed by atoms with E-state index in [1.165, 1.54) is 0 Å². The van der Waals surface area contributed by atoms with Crippen molar-refractivity contribution in [3.05, 3.63) is 41.4 Å². The van der Waals surface area contributed by atoms with Gasteiger partial charge in [0, 0.05) is 11.6 Å². The largest absolute Gasteiger partial charge is 0.489 e. The SMILES string of the molecule is C=CCOc1ccc(Cl)cc1C1CC1CNC(=O)C(F)(F)F. The maximum Gasteiger partial charge on any atom is 0.471 e. The molecule has 22 heavy (non-hydrogen) atoms. The van der Waals surface area contributed by atoms with Gasteiger partial charge < -0.3 is 10.1 Å². The van der Waals surface area contributed by atoms with Crippen LogP contribution in [0, 0.1) is 5.92 Å². The lowest BCUT2D eigenvalue weighted by atomic mass is 10.1. The van der Waals surface area contributed by atoms with Crippen molar-refractivity contribution in [2.75, 3.05) is 13.2 Å². The van der Waals surface area contributed by atoms with Crippen LogP contribution in [0.25, 0.3) is 0 Å². The van der Waals surface area contributed by atoms with Crippen LogP contribution in [0.1, 0.15) is 17.9 Å². The molecule has 1 aliphatic rings. The van der Waals surface area contributed by atoms with Gasteiger partial charge in [-0.25, -0.2) is 0 Å². The summed E-state index contributed by atoms with van der Waals surface area (Å²) in [5.74, 6) is -1.28. The normalized spacial score (nSPS) is 20.4. The van der Waals surface area contributed by atoms with Crippen LogP contribution in [-0.4, -0.2) is 25.2 Å². The molecule has 0 heterocycles. The number of hydrogen-bond acceptors (Lipinski definition) is 2. The lowest BCUT2D eigenvalue weighted by Crippen LogP contribution is -2.37. The van der Waals surface area contributed by atoms with Gasteiger partial charge in [-0.2, -0.15) is 13.2 Å². The van der Waals surface area contributed by atoms with Crippen LogP contribution in [0.4, 0.5) is 13.2 Å². The Balaban J connectivity index is 1.98. The Hall–Kier alpha value is -1.69. The van der Waals surface area contributed by atoms with E-state index in [4.69, 9.17) is 16.3 Å². The summed E-state index contributed by atoms with van der Waals surface area (Å²) < 4.78 is 41.9. The maximum absolute atomic E-state index is 12.1. The standard InChI is InChI=1S/C15H15ClF3NO2/c1-2-5-22-13-4-3-10(16)7-12(13)11-6-9(11)8-20-14(21)15(17,18)19/h2-4,7,9,11H,1,5-6,8H2,(H,20,21). The topological polar surface area (TPSA) is 38.3 Å². The summed E-state index contributed by atoms with van der Waals surface area (Å²) in [6, 6.07) is 5.16. The smallest absolute Gasteiger partial charge is 0.471 e. The van der Waals surface area contributed by atoms with Gasteiger partial charge in [0.15, 0.2) is 0 Å². The van der Waals surface area contributed by atoms with Crippen LogP contribution < -0.4 is 10.1 Å². The fourth-order valence-electron chi connectivity index (χ4n) is 2.27. The molecule has 0 aliphatic heterocycles. The number of hydrogen-bond donors (Lipinski definition) is 1. The van der Waals surface area contributed by atoms with Gasteiger partial charge in [-0.15, -0.1) is 0 Å². The van der Waals surface area contributed by atoms with Crippen molar-refractivity contribution in [1.29, 1.82) is 0 Å². The second-order valence-electron chi connectivity index (χ2n) is 5.09. The van der Waals surface area contributed by atoms with Gasteiger partial charge in [0.2, 0.25) is 0 Å². The first-order chi connectivity index (χ1) is 10.3. The minimum Gasteiger partial charge on any atom is -0.489 e. The minimum absolute atomic E-state index is 0.0174. The van der Waals surface area contributed by atoms with E-state index in [1.54, 1.807) is 24.3 Å². The molecule has 1 aromatic rings. The van der Waals surface area contributed by atoms with E-state index < -0.39 is 12.1 Å². The third-order valence-corrected chi connectivity index (χ3v) is 3.67. The molecule has 1 saturated carbocycles. The molecule has 1 amide bonds. The Morgan fingerprint density at radius 3 is 2.86 bits per heavy atom. The van der Waals surface area contributed by atoms with Crippen molar-refractivity contribution in [3.8, 4) is 5.75 Å². The predicted molar refractivity (Wildman–Crippen MR) is 77.1 cm³/mol. The highest BCUT2D eigenvalue weighted by Crippen LogP contribution is 2.50. The van der Waals surface area contributed by atoms with Crippen LogP contribution in [-0.2, 0) is 4.79 Å². The fourth-order valence-corrected chi connectivity index (χ4v) is 2.45. The van der Waals surface area contributed by atoms with Crippen LogP contribution in [0.2, 0.25) is 5.02 Å². The first-order valence-corrected chi connectivity index (χ1v) is 7.09. The fraction of sp³-hybridized carbons (Fsp3) is 0.400. The number of amides is 1. The molecule has 0 aromatic heterocycles. The zero-order valence-electron chi connectivity index (χ0n) is 11.6. The number of carbonyl (C=O) groups is 1. The van der Waals surface area contributed by atoms with Crippen molar-refractivity contribution < 1.29 is 22.7 Å². The molecular formula is C15H15ClF3NO2. The van der Waals surface area contributed by atoms with Crippen LogP contribution >= 0.6 is 11.6 Å². The molecule has 3 nitrogen and oxygen atoms in total. The Labute approximate surface area is 131 Å². The highest BCUT2D eigenvalue weighted by molar-refractivity contribution is 6.30. The summed E-state index contributed by atoms with van der Waals surface area (Å²) >= 11 is 5.96. The predicted octanol–water partition coefficient (Wildman–Crippen LogP) is 3.69. The van der Waals surface area contributed by atoms with Gasteiger partial charge in [-0.1, -0.05) is 24.3 Å². The molecule has 0 radical (unpaired) electrons. The van der Waals surface area contributed by atoms with E-state index in [-0.39, 0.29) is 18.4 Å². The Morgan fingerprint density at radius 2 is 2.23 bits per heavy atom. The Bertz CT molecular complexity index is 574. The number of alkyl halides is 3. The summed E-state index contributed by atoms with van der Waals surface area (Å²) in [6.07, 6.45) is -2.56. The van der Waals surface area contributed by atoms with Crippen molar-refractivity contribution in [1.82, 2.24) is 5.32 Å². The van der Waals surface area contributed by atoms with Crippen molar-refractivity contribution in [3.63, 3.8) is 0 Å². The molecule has 7 heteroatoms. The number of ether oxygens (including phenoxy) is 1. The van der Waals surface area contributed by atoms with Gasteiger partial charge in [0.25, 0.3) is 0 Å². The molecular weight excluding hydrogens is 319 g/mol. The third kappa shape index (κ3) is 4.16. The second-order valence-corrected chi connectivity index (χ2v) is 5.53. The molecule has 2 unspecified atom stereocenters. The van der Waals surface area contributed by atoms with E-state index in [0.717, 1.165) is 5.56 Å². The van der Waals surface area contributed by atoms with Gasteiger partial charge in [-0.05, 0) is 42.0 Å².